The summed E-state index contributed by atoms with van der Waals surface area (Å²) in [5, 5.41) is 11.3. The smallest absolute Gasteiger partial charge is 0.328 e. The number of hydrogen-bond acceptors (Lipinski definition) is 3. The van der Waals surface area contributed by atoms with Crippen LogP contribution in [0.5, 0.6) is 0 Å². The Morgan fingerprint density at radius 1 is 1.44 bits per heavy atom. The molecule has 6 heteroatoms. The number of carboxylic acid groups (broad SMARTS) is 1. The molecule has 0 aliphatic heterocycles. The number of rotatable bonds is 6. The van der Waals surface area contributed by atoms with Crippen LogP contribution in [0.15, 0.2) is 24.3 Å². The van der Waals surface area contributed by atoms with Crippen LogP contribution in [-0.4, -0.2) is 36.7 Å². The van der Waals surface area contributed by atoms with E-state index < -0.39 is 12.0 Å². The summed E-state index contributed by atoms with van der Waals surface area (Å²) in [6.07, 6.45) is 0.159. The van der Waals surface area contributed by atoms with Gasteiger partial charge < -0.3 is 15.2 Å². The highest BCUT2D eigenvalue weighted by molar-refractivity contribution is 14.1. The summed E-state index contributed by atoms with van der Waals surface area (Å²) in [5.74, 6) is -1.43. The van der Waals surface area contributed by atoms with Gasteiger partial charge in [0.05, 0.1) is 13.0 Å². The van der Waals surface area contributed by atoms with Crippen molar-refractivity contribution in [2.45, 2.75) is 12.5 Å². The zero-order valence-electron chi connectivity index (χ0n) is 9.85. The van der Waals surface area contributed by atoms with Crippen LogP contribution in [0.3, 0.4) is 0 Å². The van der Waals surface area contributed by atoms with Crippen molar-refractivity contribution in [1.82, 2.24) is 5.32 Å². The van der Waals surface area contributed by atoms with Gasteiger partial charge in [0.15, 0.2) is 6.04 Å². The number of carbonyl (C=O) groups excluding carboxylic acids is 1. The fraction of sp³-hybridized carbons (Fsp3) is 0.333. The van der Waals surface area contributed by atoms with E-state index in [4.69, 9.17) is 9.84 Å². The molecule has 1 aromatic carbocycles. The maximum absolute atomic E-state index is 11.7. The Bertz CT molecular complexity index is 436. The first-order valence-corrected chi connectivity index (χ1v) is 6.37. The van der Waals surface area contributed by atoms with Crippen molar-refractivity contribution in [3.8, 4) is 0 Å². The molecule has 0 aliphatic rings. The molecular weight excluding hydrogens is 349 g/mol. The number of ether oxygens (including phenoxy) is 1. The van der Waals surface area contributed by atoms with Crippen molar-refractivity contribution in [1.29, 1.82) is 0 Å². The molecule has 0 spiro atoms. The summed E-state index contributed by atoms with van der Waals surface area (Å²) in [5.41, 5.74) is 0.872. The van der Waals surface area contributed by atoms with E-state index in [9.17, 15) is 9.59 Å². The predicted molar refractivity (Wildman–Crippen MR) is 74.3 cm³/mol. The first-order valence-electron chi connectivity index (χ1n) is 5.29. The number of benzene rings is 1. The van der Waals surface area contributed by atoms with Crippen LogP contribution in [0.1, 0.15) is 5.56 Å². The molecule has 1 atom stereocenters. The number of carbonyl (C=O) groups is 2. The number of halogens is 1. The van der Waals surface area contributed by atoms with Gasteiger partial charge in [-0.05, 0) is 34.2 Å². The molecule has 98 valence electrons. The molecule has 0 heterocycles. The lowest BCUT2D eigenvalue weighted by Gasteiger charge is -2.13. The maximum atomic E-state index is 11.7. The zero-order chi connectivity index (χ0) is 13.5. The van der Waals surface area contributed by atoms with Gasteiger partial charge in [-0.15, -0.1) is 0 Å². The summed E-state index contributed by atoms with van der Waals surface area (Å²) < 4.78 is 5.72. The number of nitrogens with one attached hydrogen (secondary N) is 1. The second-order valence-corrected chi connectivity index (χ2v) is 4.84. The highest BCUT2D eigenvalue weighted by Gasteiger charge is 2.19. The fourth-order valence-electron chi connectivity index (χ4n) is 1.40. The Balaban J connectivity index is 2.61. The molecule has 1 amide bonds. The van der Waals surface area contributed by atoms with Crippen LogP contribution in [-0.2, 0) is 20.7 Å². The Morgan fingerprint density at radius 2 is 2.11 bits per heavy atom. The van der Waals surface area contributed by atoms with Crippen LogP contribution in [0, 0.1) is 3.57 Å². The fourth-order valence-corrected chi connectivity index (χ4v) is 1.98. The summed E-state index contributed by atoms with van der Waals surface area (Å²) in [7, 11) is 1.39. The van der Waals surface area contributed by atoms with Gasteiger partial charge in [0.1, 0.15) is 0 Å². The van der Waals surface area contributed by atoms with Gasteiger partial charge in [0.2, 0.25) is 5.91 Å². The Labute approximate surface area is 119 Å². The van der Waals surface area contributed by atoms with Crippen molar-refractivity contribution < 1.29 is 19.4 Å². The van der Waals surface area contributed by atoms with Gasteiger partial charge in [-0.2, -0.15) is 0 Å². The van der Waals surface area contributed by atoms with Crippen molar-refractivity contribution in [3.63, 3.8) is 0 Å². The van der Waals surface area contributed by atoms with Crippen molar-refractivity contribution >= 4 is 34.5 Å². The molecule has 0 saturated heterocycles. The summed E-state index contributed by atoms with van der Waals surface area (Å²) in [6.45, 7) is -0.0487. The largest absolute Gasteiger partial charge is 0.480 e. The molecule has 0 aliphatic carbocycles. The molecule has 1 unspecified atom stereocenters. The van der Waals surface area contributed by atoms with Crippen LogP contribution < -0.4 is 5.32 Å². The molecule has 5 nitrogen and oxygen atoms in total. The first kappa shape index (κ1) is 14.9. The average molecular weight is 363 g/mol. The van der Waals surface area contributed by atoms with Crippen LogP contribution in [0.25, 0.3) is 0 Å². The quantitative estimate of drug-likeness (QED) is 0.741. The van der Waals surface area contributed by atoms with Gasteiger partial charge in [0, 0.05) is 10.7 Å². The molecule has 18 heavy (non-hydrogen) atoms. The molecule has 0 aromatic heterocycles. The normalized spacial score (nSPS) is 11.9. The minimum atomic E-state index is -1.10. The van der Waals surface area contributed by atoms with E-state index in [-0.39, 0.29) is 18.9 Å². The van der Waals surface area contributed by atoms with Crippen molar-refractivity contribution in [3.05, 3.63) is 33.4 Å². The zero-order valence-corrected chi connectivity index (χ0v) is 12.0. The molecule has 0 bridgehead atoms. The Kier molecular flexibility index (Phi) is 6.06. The third kappa shape index (κ3) is 4.61. The van der Waals surface area contributed by atoms with Gasteiger partial charge in [-0.1, -0.05) is 18.2 Å². The Hall–Kier alpha value is -1.15. The molecular formula is C12H14INO4. The van der Waals surface area contributed by atoms with Crippen molar-refractivity contribution in [2.24, 2.45) is 0 Å². The van der Waals surface area contributed by atoms with Crippen LogP contribution in [0.2, 0.25) is 0 Å². The van der Waals surface area contributed by atoms with E-state index in [1.54, 1.807) is 0 Å². The topological polar surface area (TPSA) is 75.6 Å². The molecule has 0 radical (unpaired) electrons. The van der Waals surface area contributed by atoms with E-state index in [2.05, 4.69) is 27.9 Å². The second kappa shape index (κ2) is 7.32. The van der Waals surface area contributed by atoms with E-state index in [0.29, 0.717) is 0 Å². The minimum Gasteiger partial charge on any atom is -0.480 e. The van der Waals surface area contributed by atoms with E-state index in [1.165, 1.54) is 7.11 Å². The minimum absolute atomic E-state index is 0.0487. The predicted octanol–water partition coefficient (Wildman–Crippen LogP) is 1.05. The van der Waals surface area contributed by atoms with Gasteiger partial charge in [0.25, 0.3) is 0 Å². The highest BCUT2D eigenvalue weighted by atomic mass is 127. The second-order valence-electron chi connectivity index (χ2n) is 3.68. The van der Waals surface area contributed by atoms with Crippen LogP contribution in [0.4, 0.5) is 0 Å². The summed E-state index contributed by atoms with van der Waals surface area (Å²) in [4.78, 5) is 22.6. The number of hydrogen-bond donors (Lipinski definition) is 2. The lowest BCUT2D eigenvalue weighted by atomic mass is 10.1. The summed E-state index contributed by atoms with van der Waals surface area (Å²) >= 11 is 2.14. The maximum Gasteiger partial charge on any atom is 0.328 e. The monoisotopic (exact) mass is 363 g/mol. The molecule has 1 rings (SSSR count). The molecule has 2 N–H and O–H groups in total. The number of aliphatic carboxylic acids is 1. The highest BCUT2D eigenvalue weighted by Crippen LogP contribution is 2.11. The third-order valence-electron chi connectivity index (χ3n) is 2.28. The number of methoxy groups -OCH3 is 1. The lowest BCUT2D eigenvalue weighted by molar-refractivity contribution is -0.143. The number of amides is 1. The van der Waals surface area contributed by atoms with Gasteiger partial charge in [-0.25, -0.2) is 4.79 Å². The molecule has 1 aromatic rings. The first-order chi connectivity index (χ1) is 8.54. The third-order valence-corrected chi connectivity index (χ3v) is 3.33. The SMILES string of the molecule is COCC(NC(=O)Cc1ccccc1I)C(=O)O. The number of carboxylic acids is 1. The van der Waals surface area contributed by atoms with Crippen LogP contribution >= 0.6 is 22.6 Å². The average Bonchev–Trinajstić information content (AvgIpc) is 2.31. The molecule has 0 saturated carbocycles. The van der Waals surface area contributed by atoms with E-state index in [0.717, 1.165) is 9.13 Å². The molecule has 0 fully saturated rings. The van der Waals surface area contributed by atoms with E-state index >= 15 is 0 Å². The lowest BCUT2D eigenvalue weighted by Crippen LogP contribution is -2.44. The Morgan fingerprint density at radius 3 is 2.67 bits per heavy atom. The standard InChI is InChI=1S/C12H14INO4/c1-18-7-10(12(16)17)14-11(15)6-8-4-2-3-5-9(8)13/h2-5,10H,6-7H2,1H3,(H,14,15)(H,16,17). The van der Waals surface area contributed by atoms with Crippen molar-refractivity contribution in [2.75, 3.05) is 13.7 Å². The van der Waals surface area contributed by atoms with Gasteiger partial charge >= 0.3 is 5.97 Å². The van der Waals surface area contributed by atoms with E-state index in [1.807, 2.05) is 24.3 Å². The van der Waals surface area contributed by atoms with Gasteiger partial charge in [-0.3, -0.25) is 4.79 Å². The summed E-state index contributed by atoms with van der Waals surface area (Å²) in [6, 6.07) is 6.45.